The summed E-state index contributed by atoms with van der Waals surface area (Å²) in [5, 5.41) is 0. The smallest absolute Gasteiger partial charge is 0.0297 e. The highest BCUT2D eigenvalue weighted by Crippen LogP contribution is 2.16. The summed E-state index contributed by atoms with van der Waals surface area (Å²) in [5.74, 6) is 5.13. The monoisotopic (exact) mass is 160 g/mol. The number of hydrogen-bond donors (Lipinski definition) is 4. The highest BCUT2D eigenvalue weighted by molar-refractivity contribution is 4.86. The summed E-state index contributed by atoms with van der Waals surface area (Å²) in [7, 11) is 0. The molecule has 0 saturated carbocycles. The molecule has 11 heavy (non-hydrogen) atoms. The van der Waals surface area contributed by atoms with E-state index in [0.717, 1.165) is 6.42 Å². The minimum absolute atomic E-state index is 0.0764. The first-order valence-corrected chi connectivity index (χ1v) is 3.78. The third-order valence-corrected chi connectivity index (χ3v) is 1.31. The molecule has 0 amide bonds. The summed E-state index contributed by atoms with van der Waals surface area (Å²) < 4.78 is 0. The number of hydrogen-bond acceptors (Lipinski definition) is 4. The molecule has 0 atom stereocenters. The van der Waals surface area contributed by atoms with Gasteiger partial charge in [0, 0.05) is 11.1 Å². The van der Waals surface area contributed by atoms with Gasteiger partial charge in [0.05, 0.1) is 0 Å². The topological polar surface area (TPSA) is 76.1 Å². The highest BCUT2D eigenvalue weighted by Gasteiger charge is 2.24. The largest absolute Gasteiger partial charge is 0.325 e. The molecule has 0 spiro atoms. The zero-order valence-corrected chi connectivity index (χ0v) is 7.86. The van der Waals surface area contributed by atoms with Crippen molar-refractivity contribution < 1.29 is 0 Å². The van der Waals surface area contributed by atoms with Crippen LogP contribution in [0.5, 0.6) is 0 Å². The Morgan fingerprint density at radius 3 is 1.91 bits per heavy atom. The van der Waals surface area contributed by atoms with Crippen molar-refractivity contribution in [1.82, 2.24) is 11.0 Å². The fraction of sp³-hybridized carbons (Fsp3) is 1.00. The zero-order valence-electron chi connectivity index (χ0n) is 7.86. The summed E-state index contributed by atoms with van der Waals surface area (Å²) in [6.07, 6.45) is 0.851. The maximum absolute atomic E-state index is 5.84. The van der Waals surface area contributed by atoms with Gasteiger partial charge in [-0.1, -0.05) is 0 Å². The third-order valence-electron chi connectivity index (χ3n) is 1.31. The zero-order chi connectivity index (χ0) is 9.12. The second-order valence-corrected chi connectivity index (χ2v) is 4.32. The molecule has 0 unspecified atom stereocenters. The molecule has 0 radical (unpaired) electrons. The molecule has 68 valence electrons. The first-order chi connectivity index (χ1) is 4.77. The highest BCUT2D eigenvalue weighted by atomic mass is 15.5. The second kappa shape index (κ2) is 3.49. The van der Waals surface area contributed by atoms with E-state index in [0.29, 0.717) is 0 Å². The van der Waals surface area contributed by atoms with Crippen molar-refractivity contribution in [2.75, 3.05) is 0 Å². The number of hydrazine groups is 2. The molecule has 0 aliphatic heterocycles. The van der Waals surface area contributed by atoms with Crippen molar-refractivity contribution in [3.63, 3.8) is 0 Å². The third kappa shape index (κ3) is 6.25. The maximum Gasteiger partial charge on any atom is 0.0297 e. The number of nitrogens with two attached hydrogens (primary N) is 2. The molecule has 0 aromatic carbocycles. The number of rotatable bonds is 4. The average molecular weight is 160 g/mol. The van der Waals surface area contributed by atoms with Crippen molar-refractivity contribution in [3.05, 3.63) is 0 Å². The minimum atomic E-state index is -0.173. The Balaban J connectivity index is 3.91. The van der Waals surface area contributed by atoms with E-state index in [1.807, 2.05) is 27.7 Å². The lowest BCUT2D eigenvalue weighted by molar-refractivity contribution is 0.259. The van der Waals surface area contributed by atoms with Crippen LogP contribution in [0.3, 0.4) is 0 Å². The standard InChI is InChI=1S/C7H20N4/c1-6(2,8)5-7(3,4)10-11-9/h10-11H,5,8-9H2,1-4H3. The predicted molar refractivity (Wildman–Crippen MR) is 47.4 cm³/mol. The van der Waals surface area contributed by atoms with Crippen molar-refractivity contribution in [2.24, 2.45) is 11.6 Å². The molecule has 0 aliphatic rings. The van der Waals surface area contributed by atoms with Crippen molar-refractivity contribution in [2.45, 2.75) is 45.2 Å². The van der Waals surface area contributed by atoms with Gasteiger partial charge in [0.25, 0.3) is 0 Å². The van der Waals surface area contributed by atoms with E-state index in [2.05, 4.69) is 11.0 Å². The quantitative estimate of drug-likeness (QED) is 0.341. The van der Waals surface area contributed by atoms with Gasteiger partial charge in [-0.05, 0) is 34.1 Å². The van der Waals surface area contributed by atoms with Crippen LogP contribution in [-0.2, 0) is 0 Å². The second-order valence-electron chi connectivity index (χ2n) is 4.32. The lowest BCUT2D eigenvalue weighted by atomic mass is 9.88. The first kappa shape index (κ1) is 10.8. The fourth-order valence-electron chi connectivity index (χ4n) is 1.38. The Hall–Kier alpha value is -0.160. The molecule has 0 aliphatic carbocycles. The Morgan fingerprint density at radius 2 is 1.64 bits per heavy atom. The van der Waals surface area contributed by atoms with Gasteiger partial charge in [-0.15, -0.1) is 0 Å². The van der Waals surface area contributed by atoms with Crippen LogP contribution in [0.15, 0.2) is 0 Å². The van der Waals surface area contributed by atoms with E-state index in [4.69, 9.17) is 11.6 Å². The predicted octanol–water partition coefficient (Wildman–Crippen LogP) is -0.140. The molecule has 4 nitrogen and oxygen atoms in total. The fourth-order valence-corrected chi connectivity index (χ4v) is 1.38. The Morgan fingerprint density at radius 1 is 1.18 bits per heavy atom. The van der Waals surface area contributed by atoms with Crippen LogP contribution in [0.1, 0.15) is 34.1 Å². The Labute approximate surface area is 68.6 Å². The van der Waals surface area contributed by atoms with Crippen LogP contribution in [0.2, 0.25) is 0 Å². The summed E-state index contributed by atoms with van der Waals surface area (Å²) in [6.45, 7) is 8.07. The maximum atomic E-state index is 5.84. The van der Waals surface area contributed by atoms with Crippen molar-refractivity contribution in [3.8, 4) is 0 Å². The van der Waals surface area contributed by atoms with Crippen LogP contribution >= 0.6 is 0 Å². The van der Waals surface area contributed by atoms with E-state index in [9.17, 15) is 0 Å². The van der Waals surface area contributed by atoms with Gasteiger partial charge in [0.1, 0.15) is 0 Å². The van der Waals surface area contributed by atoms with Gasteiger partial charge >= 0.3 is 0 Å². The molecular formula is C7H20N4. The molecule has 6 N–H and O–H groups in total. The molecule has 0 aromatic heterocycles. The van der Waals surface area contributed by atoms with Crippen LogP contribution < -0.4 is 22.5 Å². The van der Waals surface area contributed by atoms with Crippen LogP contribution in [0, 0.1) is 0 Å². The Bertz CT molecular complexity index is 114. The molecule has 0 saturated heterocycles. The molecule has 4 heteroatoms. The van der Waals surface area contributed by atoms with Crippen LogP contribution in [0.4, 0.5) is 0 Å². The van der Waals surface area contributed by atoms with Gasteiger partial charge in [-0.2, -0.15) is 5.53 Å². The minimum Gasteiger partial charge on any atom is -0.325 e. The molecule has 0 fully saturated rings. The Kier molecular flexibility index (Phi) is 3.44. The summed E-state index contributed by atoms with van der Waals surface area (Å²) in [4.78, 5) is 0. The normalized spacial score (nSPS) is 13.6. The number of nitrogens with one attached hydrogen (secondary N) is 2. The molecule has 0 heterocycles. The van der Waals surface area contributed by atoms with Gasteiger partial charge in [-0.25, -0.2) is 5.43 Å². The molecule has 0 bridgehead atoms. The molecule has 0 aromatic rings. The van der Waals surface area contributed by atoms with E-state index in [-0.39, 0.29) is 11.1 Å². The lowest BCUT2D eigenvalue weighted by Gasteiger charge is -2.32. The summed E-state index contributed by atoms with van der Waals surface area (Å²) >= 11 is 0. The van der Waals surface area contributed by atoms with Crippen LogP contribution in [-0.4, -0.2) is 11.1 Å². The van der Waals surface area contributed by atoms with E-state index in [1.54, 1.807) is 0 Å². The van der Waals surface area contributed by atoms with Gasteiger partial charge in [-0.3, -0.25) is 5.84 Å². The SMILES string of the molecule is CC(C)(N)CC(C)(C)NNN. The summed E-state index contributed by atoms with van der Waals surface area (Å²) in [6, 6.07) is 0. The van der Waals surface area contributed by atoms with Crippen molar-refractivity contribution in [1.29, 1.82) is 0 Å². The lowest BCUT2D eigenvalue weighted by Crippen LogP contribution is -2.55. The van der Waals surface area contributed by atoms with E-state index in [1.165, 1.54) is 0 Å². The average Bonchev–Trinajstić information content (AvgIpc) is 1.55. The van der Waals surface area contributed by atoms with Crippen LogP contribution in [0.25, 0.3) is 0 Å². The molecule has 0 rings (SSSR count). The van der Waals surface area contributed by atoms with Gasteiger partial charge in [0.2, 0.25) is 0 Å². The van der Waals surface area contributed by atoms with Gasteiger partial charge in [0.15, 0.2) is 0 Å². The molecular weight excluding hydrogens is 140 g/mol. The van der Waals surface area contributed by atoms with E-state index < -0.39 is 0 Å². The van der Waals surface area contributed by atoms with Gasteiger partial charge < -0.3 is 5.73 Å². The summed E-state index contributed by atoms with van der Waals surface area (Å²) in [5.41, 5.74) is 10.9. The first-order valence-electron chi connectivity index (χ1n) is 3.78. The van der Waals surface area contributed by atoms with Crippen molar-refractivity contribution >= 4 is 0 Å². The van der Waals surface area contributed by atoms with E-state index >= 15 is 0 Å².